The van der Waals surface area contributed by atoms with Gasteiger partial charge >= 0.3 is 0 Å². The number of halogens is 2. The normalized spacial score (nSPS) is 14.0. The number of benzene rings is 1. The summed E-state index contributed by atoms with van der Waals surface area (Å²) < 4.78 is 2.07. The molecule has 1 amide bonds. The zero-order chi connectivity index (χ0) is 18.7. The van der Waals surface area contributed by atoms with E-state index in [9.17, 15) is 4.79 Å². The van der Waals surface area contributed by atoms with Crippen molar-refractivity contribution in [2.24, 2.45) is 11.8 Å². The number of carbonyl (C=O) groups excluding carboxylic acids is 1. The third-order valence-electron chi connectivity index (χ3n) is 4.58. The van der Waals surface area contributed by atoms with E-state index in [1.54, 1.807) is 12.3 Å². The van der Waals surface area contributed by atoms with Crippen LogP contribution >= 0.6 is 23.2 Å². The first kappa shape index (κ1) is 19.2. The highest BCUT2D eigenvalue weighted by atomic mass is 35.5. The zero-order valence-corrected chi connectivity index (χ0v) is 16.8. The molecule has 0 saturated heterocycles. The molecule has 0 aliphatic heterocycles. The van der Waals surface area contributed by atoms with Crippen LogP contribution in [0.15, 0.2) is 30.6 Å². The summed E-state index contributed by atoms with van der Waals surface area (Å²) in [7, 11) is 0. The standard InChI is InChI=1S/C20H25Cl2N3O/c1-14(2)9-20(26)25(11-15-3-4-15)13-19-23-7-8-24(19)12-16-5-6-17(21)18(22)10-16/h5-8,10,14-15H,3-4,9,11-13H2,1-2H3. The molecule has 0 spiro atoms. The molecule has 1 aromatic carbocycles. The van der Waals surface area contributed by atoms with Crippen LogP contribution in [0.25, 0.3) is 0 Å². The average Bonchev–Trinajstić information content (AvgIpc) is 3.29. The van der Waals surface area contributed by atoms with Gasteiger partial charge in [-0.2, -0.15) is 0 Å². The van der Waals surface area contributed by atoms with Crippen molar-refractivity contribution in [1.82, 2.24) is 14.5 Å². The van der Waals surface area contributed by atoms with Gasteiger partial charge < -0.3 is 9.47 Å². The van der Waals surface area contributed by atoms with E-state index in [-0.39, 0.29) is 5.91 Å². The highest BCUT2D eigenvalue weighted by Gasteiger charge is 2.27. The maximum Gasteiger partial charge on any atom is 0.223 e. The van der Waals surface area contributed by atoms with Crippen molar-refractivity contribution in [3.05, 3.63) is 52.0 Å². The van der Waals surface area contributed by atoms with Crippen molar-refractivity contribution in [3.8, 4) is 0 Å². The highest BCUT2D eigenvalue weighted by Crippen LogP contribution is 2.30. The first-order valence-electron chi connectivity index (χ1n) is 9.14. The molecular formula is C20H25Cl2N3O. The van der Waals surface area contributed by atoms with Gasteiger partial charge in [0.25, 0.3) is 0 Å². The summed E-state index contributed by atoms with van der Waals surface area (Å²) in [5, 5.41) is 1.10. The van der Waals surface area contributed by atoms with Crippen LogP contribution in [0.5, 0.6) is 0 Å². The second kappa shape index (κ2) is 8.45. The van der Waals surface area contributed by atoms with Crippen LogP contribution < -0.4 is 0 Å². The molecule has 6 heteroatoms. The van der Waals surface area contributed by atoms with Crippen LogP contribution in [-0.2, 0) is 17.9 Å². The van der Waals surface area contributed by atoms with E-state index in [2.05, 4.69) is 23.4 Å². The molecule has 0 atom stereocenters. The topological polar surface area (TPSA) is 38.1 Å². The van der Waals surface area contributed by atoms with Crippen molar-refractivity contribution in [3.63, 3.8) is 0 Å². The molecule has 4 nitrogen and oxygen atoms in total. The van der Waals surface area contributed by atoms with Gasteiger partial charge in [0, 0.05) is 31.9 Å². The molecule has 1 fully saturated rings. The molecule has 1 heterocycles. The van der Waals surface area contributed by atoms with Gasteiger partial charge in [-0.15, -0.1) is 0 Å². The van der Waals surface area contributed by atoms with Gasteiger partial charge in [-0.25, -0.2) is 4.98 Å². The van der Waals surface area contributed by atoms with Crippen LogP contribution in [-0.4, -0.2) is 26.9 Å². The summed E-state index contributed by atoms with van der Waals surface area (Å²) in [5.41, 5.74) is 1.06. The predicted molar refractivity (Wildman–Crippen MR) is 105 cm³/mol. The molecule has 0 bridgehead atoms. The molecule has 0 radical (unpaired) electrons. The monoisotopic (exact) mass is 393 g/mol. The molecular weight excluding hydrogens is 369 g/mol. The Kier molecular flexibility index (Phi) is 6.25. The molecule has 1 aromatic heterocycles. The average molecular weight is 394 g/mol. The lowest BCUT2D eigenvalue weighted by Gasteiger charge is -2.24. The van der Waals surface area contributed by atoms with Gasteiger partial charge in [-0.3, -0.25) is 4.79 Å². The highest BCUT2D eigenvalue weighted by molar-refractivity contribution is 6.42. The van der Waals surface area contributed by atoms with Crippen molar-refractivity contribution >= 4 is 29.1 Å². The molecule has 1 aliphatic rings. The van der Waals surface area contributed by atoms with Crippen LogP contribution in [0, 0.1) is 11.8 Å². The van der Waals surface area contributed by atoms with Gasteiger partial charge in [-0.1, -0.05) is 43.1 Å². The van der Waals surface area contributed by atoms with E-state index in [0.29, 0.717) is 41.4 Å². The van der Waals surface area contributed by atoms with Crippen molar-refractivity contribution in [1.29, 1.82) is 0 Å². The van der Waals surface area contributed by atoms with Gasteiger partial charge in [0.1, 0.15) is 5.82 Å². The Morgan fingerprint density at radius 3 is 2.73 bits per heavy atom. The van der Waals surface area contributed by atoms with Gasteiger partial charge in [0.05, 0.1) is 16.6 Å². The minimum atomic E-state index is 0.219. The fraction of sp³-hybridized carbons (Fsp3) is 0.500. The fourth-order valence-corrected chi connectivity index (χ4v) is 3.31. The Bertz CT molecular complexity index is 768. The van der Waals surface area contributed by atoms with Crippen molar-refractivity contribution in [2.45, 2.75) is 46.2 Å². The number of nitrogens with zero attached hydrogens (tertiary/aromatic N) is 3. The maximum atomic E-state index is 12.7. The van der Waals surface area contributed by atoms with E-state index in [1.807, 2.05) is 23.2 Å². The van der Waals surface area contributed by atoms with Crippen LogP contribution in [0.4, 0.5) is 0 Å². The maximum absolute atomic E-state index is 12.7. The Hall–Kier alpha value is -1.52. The Morgan fingerprint density at radius 2 is 2.08 bits per heavy atom. The number of hydrogen-bond acceptors (Lipinski definition) is 2. The Morgan fingerprint density at radius 1 is 1.31 bits per heavy atom. The second-order valence-corrected chi connectivity index (χ2v) is 8.35. The lowest BCUT2D eigenvalue weighted by Crippen LogP contribution is -2.34. The Labute approximate surface area is 165 Å². The third-order valence-corrected chi connectivity index (χ3v) is 5.32. The fourth-order valence-electron chi connectivity index (χ4n) is 2.99. The molecule has 3 rings (SSSR count). The lowest BCUT2D eigenvalue weighted by atomic mass is 10.1. The molecule has 1 saturated carbocycles. The van der Waals surface area contributed by atoms with E-state index >= 15 is 0 Å². The van der Waals surface area contributed by atoms with Crippen molar-refractivity contribution in [2.75, 3.05) is 6.54 Å². The first-order valence-corrected chi connectivity index (χ1v) is 9.89. The molecule has 1 aliphatic carbocycles. The summed E-state index contributed by atoms with van der Waals surface area (Å²) in [5.74, 6) is 2.13. The van der Waals surface area contributed by atoms with Crippen LogP contribution in [0.3, 0.4) is 0 Å². The summed E-state index contributed by atoms with van der Waals surface area (Å²) in [6, 6.07) is 5.64. The summed E-state index contributed by atoms with van der Waals surface area (Å²) in [4.78, 5) is 19.1. The molecule has 0 N–H and O–H groups in total. The predicted octanol–water partition coefficient (Wildman–Crippen LogP) is 5.02. The minimum absolute atomic E-state index is 0.219. The smallest absolute Gasteiger partial charge is 0.223 e. The number of rotatable bonds is 8. The van der Waals surface area contributed by atoms with Gasteiger partial charge in [0.2, 0.25) is 5.91 Å². The van der Waals surface area contributed by atoms with E-state index in [0.717, 1.165) is 17.9 Å². The lowest BCUT2D eigenvalue weighted by molar-refractivity contribution is -0.133. The third kappa shape index (κ3) is 5.24. The van der Waals surface area contributed by atoms with Crippen LogP contribution in [0.1, 0.15) is 44.5 Å². The number of hydrogen-bond donors (Lipinski definition) is 0. The zero-order valence-electron chi connectivity index (χ0n) is 15.3. The summed E-state index contributed by atoms with van der Waals surface area (Å²) >= 11 is 12.1. The Balaban J connectivity index is 1.72. The molecule has 2 aromatic rings. The van der Waals surface area contributed by atoms with Gasteiger partial charge in [-0.05, 0) is 42.4 Å². The largest absolute Gasteiger partial charge is 0.335 e. The number of imidazole rings is 1. The molecule has 140 valence electrons. The second-order valence-electron chi connectivity index (χ2n) is 7.54. The first-order chi connectivity index (χ1) is 12.4. The van der Waals surface area contributed by atoms with E-state index < -0.39 is 0 Å². The number of carbonyl (C=O) groups is 1. The number of amides is 1. The van der Waals surface area contributed by atoms with Gasteiger partial charge in [0.15, 0.2) is 0 Å². The number of aromatic nitrogens is 2. The van der Waals surface area contributed by atoms with E-state index in [4.69, 9.17) is 23.2 Å². The SMILES string of the molecule is CC(C)CC(=O)N(Cc1nccn1Cc1ccc(Cl)c(Cl)c1)CC1CC1. The summed E-state index contributed by atoms with van der Waals surface area (Å²) in [6.07, 6.45) is 6.77. The summed E-state index contributed by atoms with van der Waals surface area (Å²) in [6.45, 7) is 6.21. The molecule has 0 unspecified atom stereocenters. The van der Waals surface area contributed by atoms with Crippen LogP contribution in [0.2, 0.25) is 10.0 Å². The minimum Gasteiger partial charge on any atom is -0.335 e. The quantitative estimate of drug-likeness (QED) is 0.630. The van der Waals surface area contributed by atoms with Crippen molar-refractivity contribution < 1.29 is 4.79 Å². The van der Waals surface area contributed by atoms with E-state index in [1.165, 1.54) is 12.8 Å². The molecule has 26 heavy (non-hydrogen) atoms.